The third-order valence-corrected chi connectivity index (χ3v) is 3.85. The Morgan fingerprint density at radius 3 is 3.00 bits per heavy atom. The van der Waals surface area contributed by atoms with E-state index in [2.05, 4.69) is 17.3 Å². The molecule has 1 aromatic rings. The van der Waals surface area contributed by atoms with Crippen molar-refractivity contribution in [2.75, 3.05) is 26.7 Å². The summed E-state index contributed by atoms with van der Waals surface area (Å²) in [6, 6.07) is 4.55. The third-order valence-electron chi connectivity index (χ3n) is 3.48. The molecule has 0 aliphatic carbocycles. The zero-order valence-corrected chi connectivity index (χ0v) is 11.7. The van der Waals surface area contributed by atoms with Gasteiger partial charge in [0, 0.05) is 30.2 Å². The maximum atomic E-state index is 10.7. The van der Waals surface area contributed by atoms with Crippen molar-refractivity contribution in [2.45, 2.75) is 13.0 Å². The van der Waals surface area contributed by atoms with Crippen LogP contribution in [-0.4, -0.2) is 36.5 Å². The Labute approximate surface area is 117 Å². The molecule has 19 heavy (non-hydrogen) atoms. The zero-order chi connectivity index (χ0) is 13.8. The lowest BCUT2D eigenvalue weighted by Gasteiger charge is -2.12. The molecule has 1 aliphatic heterocycles. The van der Waals surface area contributed by atoms with Gasteiger partial charge in [0.15, 0.2) is 0 Å². The molecule has 1 aromatic carbocycles. The van der Waals surface area contributed by atoms with E-state index in [1.807, 2.05) is 0 Å². The summed E-state index contributed by atoms with van der Waals surface area (Å²) < 4.78 is 0. The highest BCUT2D eigenvalue weighted by molar-refractivity contribution is 6.31. The molecule has 0 bridgehead atoms. The molecule has 0 radical (unpaired) electrons. The average Bonchev–Trinajstić information content (AvgIpc) is 2.77. The number of hydrogen-bond donors (Lipinski definition) is 1. The molecule has 0 aromatic heterocycles. The van der Waals surface area contributed by atoms with Crippen molar-refractivity contribution < 1.29 is 4.92 Å². The number of benzene rings is 1. The van der Waals surface area contributed by atoms with Crippen molar-refractivity contribution in [3.05, 3.63) is 38.9 Å². The molecule has 1 aliphatic rings. The molecule has 1 saturated heterocycles. The van der Waals surface area contributed by atoms with Crippen LogP contribution >= 0.6 is 11.6 Å². The van der Waals surface area contributed by atoms with Gasteiger partial charge in [-0.3, -0.25) is 10.1 Å². The molecular weight excluding hydrogens is 266 g/mol. The van der Waals surface area contributed by atoms with Crippen molar-refractivity contribution in [3.8, 4) is 0 Å². The summed E-state index contributed by atoms with van der Waals surface area (Å²) in [5.74, 6) is 0.655. The van der Waals surface area contributed by atoms with Crippen LogP contribution in [0.25, 0.3) is 0 Å². The van der Waals surface area contributed by atoms with Gasteiger partial charge in [0.25, 0.3) is 5.69 Å². The molecule has 1 N–H and O–H groups in total. The maximum Gasteiger partial charge on any atom is 0.269 e. The third kappa shape index (κ3) is 3.89. The predicted octanol–water partition coefficient (Wildman–Crippen LogP) is 2.29. The van der Waals surface area contributed by atoms with Gasteiger partial charge in [-0.1, -0.05) is 11.6 Å². The standard InChI is InChI=1S/C13H18ClN3O2/c1-16-5-4-10(9-16)7-15-8-11-6-12(17(18)19)2-3-13(11)14/h2-3,6,10,15H,4-5,7-9H2,1H3. The molecule has 2 rings (SSSR count). The van der Waals surface area contributed by atoms with Crippen LogP contribution in [0, 0.1) is 16.0 Å². The highest BCUT2D eigenvalue weighted by atomic mass is 35.5. The fourth-order valence-electron chi connectivity index (χ4n) is 2.41. The van der Waals surface area contributed by atoms with Crippen LogP contribution in [-0.2, 0) is 6.54 Å². The normalized spacial score (nSPS) is 19.8. The second-order valence-electron chi connectivity index (χ2n) is 5.08. The van der Waals surface area contributed by atoms with Crippen molar-refractivity contribution in [2.24, 2.45) is 5.92 Å². The van der Waals surface area contributed by atoms with E-state index in [1.165, 1.54) is 18.6 Å². The summed E-state index contributed by atoms with van der Waals surface area (Å²) in [5.41, 5.74) is 0.865. The molecule has 1 fully saturated rings. The Morgan fingerprint density at radius 2 is 2.37 bits per heavy atom. The first-order valence-corrected chi connectivity index (χ1v) is 6.76. The number of likely N-dealkylation sites (tertiary alicyclic amines) is 1. The predicted molar refractivity (Wildman–Crippen MR) is 75.4 cm³/mol. The number of hydrogen-bond acceptors (Lipinski definition) is 4. The minimum Gasteiger partial charge on any atom is -0.312 e. The Morgan fingerprint density at radius 1 is 1.58 bits per heavy atom. The van der Waals surface area contributed by atoms with Gasteiger partial charge in [-0.15, -0.1) is 0 Å². The van der Waals surface area contributed by atoms with Crippen molar-refractivity contribution in [1.82, 2.24) is 10.2 Å². The lowest BCUT2D eigenvalue weighted by molar-refractivity contribution is -0.384. The van der Waals surface area contributed by atoms with Crippen LogP contribution in [0.15, 0.2) is 18.2 Å². The largest absolute Gasteiger partial charge is 0.312 e. The van der Waals surface area contributed by atoms with E-state index in [9.17, 15) is 10.1 Å². The quantitative estimate of drug-likeness (QED) is 0.665. The van der Waals surface area contributed by atoms with Crippen LogP contribution in [0.2, 0.25) is 5.02 Å². The smallest absolute Gasteiger partial charge is 0.269 e. The number of halogens is 1. The Kier molecular flexibility index (Phi) is 4.74. The first kappa shape index (κ1) is 14.2. The van der Waals surface area contributed by atoms with E-state index in [0.29, 0.717) is 17.5 Å². The van der Waals surface area contributed by atoms with Gasteiger partial charge in [0.2, 0.25) is 0 Å². The first-order chi connectivity index (χ1) is 9.06. The fourth-order valence-corrected chi connectivity index (χ4v) is 2.60. The van der Waals surface area contributed by atoms with Gasteiger partial charge < -0.3 is 10.2 Å². The van der Waals surface area contributed by atoms with Gasteiger partial charge in [-0.2, -0.15) is 0 Å². The first-order valence-electron chi connectivity index (χ1n) is 6.38. The van der Waals surface area contributed by atoms with Gasteiger partial charge >= 0.3 is 0 Å². The van der Waals surface area contributed by atoms with Crippen molar-refractivity contribution in [3.63, 3.8) is 0 Å². The molecular formula is C13H18ClN3O2. The SMILES string of the molecule is CN1CCC(CNCc2cc([N+](=O)[O-])ccc2Cl)C1. The van der Waals surface area contributed by atoms with Gasteiger partial charge in [0.05, 0.1) is 4.92 Å². The summed E-state index contributed by atoms with van der Waals surface area (Å²) in [7, 11) is 2.12. The average molecular weight is 284 g/mol. The number of non-ortho nitro benzene ring substituents is 1. The lowest BCUT2D eigenvalue weighted by Crippen LogP contribution is -2.24. The molecule has 104 valence electrons. The van der Waals surface area contributed by atoms with Crippen molar-refractivity contribution >= 4 is 17.3 Å². The van der Waals surface area contributed by atoms with Crippen LogP contribution in [0.3, 0.4) is 0 Å². The highest BCUT2D eigenvalue weighted by Gasteiger charge is 2.18. The number of nitrogens with zero attached hydrogens (tertiary/aromatic N) is 2. The molecule has 1 heterocycles. The minimum absolute atomic E-state index is 0.0850. The minimum atomic E-state index is -0.397. The molecule has 6 heteroatoms. The molecule has 5 nitrogen and oxygen atoms in total. The van der Waals surface area contributed by atoms with E-state index < -0.39 is 4.92 Å². The fraction of sp³-hybridized carbons (Fsp3) is 0.538. The van der Waals surface area contributed by atoms with E-state index in [0.717, 1.165) is 25.2 Å². The maximum absolute atomic E-state index is 10.7. The molecule has 1 atom stereocenters. The Balaban J connectivity index is 1.88. The summed E-state index contributed by atoms with van der Waals surface area (Å²) >= 11 is 6.05. The van der Waals surface area contributed by atoms with Gasteiger partial charge in [-0.25, -0.2) is 0 Å². The summed E-state index contributed by atoms with van der Waals surface area (Å²) in [4.78, 5) is 12.6. The number of rotatable bonds is 5. The van der Waals surface area contributed by atoms with E-state index >= 15 is 0 Å². The van der Waals surface area contributed by atoms with E-state index in [1.54, 1.807) is 6.07 Å². The Hall–Kier alpha value is -1.17. The number of nitro benzene ring substituents is 1. The van der Waals surface area contributed by atoms with Crippen LogP contribution in [0.1, 0.15) is 12.0 Å². The monoisotopic (exact) mass is 283 g/mol. The second kappa shape index (κ2) is 6.32. The number of nitrogens with one attached hydrogen (secondary N) is 1. The van der Waals surface area contributed by atoms with E-state index in [4.69, 9.17) is 11.6 Å². The topological polar surface area (TPSA) is 58.4 Å². The zero-order valence-electron chi connectivity index (χ0n) is 10.9. The molecule has 0 amide bonds. The molecule has 0 spiro atoms. The summed E-state index contributed by atoms with van der Waals surface area (Å²) in [5, 5.41) is 14.6. The molecule has 0 saturated carbocycles. The second-order valence-corrected chi connectivity index (χ2v) is 5.49. The van der Waals surface area contributed by atoms with Crippen LogP contribution in [0.5, 0.6) is 0 Å². The Bertz CT molecular complexity index is 467. The van der Waals surface area contributed by atoms with Gasteiger partial charge in [-0.05, 0) is 44.1 Å². The van der Waals surface area contributed by atoms with Crippen LogP contribution < -0.4 is 5.32 Å². The van der Waals surface area contributed by atoms with Gasteiger partial charge in [0.1, 0.15) is 0 Å². The summed E-state index contributed by atoms with van der Waals surface area (Å²) in [6.07, 6.45) is 1.20. The highest BCUT2D eigenvalue weighted by Crippen LogP contribution is 2.22. The lowest BCUT2D eigenvalue weighted by atomic mass is 10.1. The van der Waals surface area contributed by atoms with Crippen molar-refractivity contribution in [1.29, 1.82) is 0 Å². The number of nitro groups is 1. The van der Waals surface area contributed by atoms with Crippen LogP contribution in [0.4, 0.5) is 5.69 Å². The summed E-state index contributed by atoms with van der Waals surface area (Å²) in [6.45, 7) is 3.74. The van der Waals surface area contributed by atoms with E-state index in [-0.39, 0.29) is 5.69 Å². The molecule has 1 unspecified atom stereocenters.